The van der Waals surface area contributed by atoms with E-state index in [1.807, 2.05) is 30.3 Å². The van der Waals surface area contributed by atoms with Crippen molar-refractivity contribution in [3.63, 3.8) is 0 Å². The molecule has 0 unspecified atom stereocenters. The summed E-state index contributed by atoms with van der Waals surface area (Å²) in [4.78, 5) is 24.0. The number of aromatic nitrogens is 2. The highest BCUT2D eigenvalue weighted by Crippen LogP contribution is 2.25. The molecule has 2 aromatic rings. The standard InChI is InChI=1S/C19H22N4O2S2/c24-16(12-11-14-7-3-1-4-8-14)21-18-22-23-19(27-18)26-13-17(25)20-15-9-5-2-6-10-15/h1,3-4,7-8,11-12,15H,2,5-6,9-10,13H2,(H,20,25)(H,21,22,24)/b12-11+. The van der Waals surface area contributed by atoms with Crippen molar-refractivity contribution >= 4 is 46.1 Å². The van der Waals surface area contributed by atoms with Crippen LogP contribution in [0, 0.1) is 0 Å². The maximum atomic E-state index is 12.0. The Labute approximate surface area is 166 Å². The van der Waals surface area contributed by atoms with Crippen molar-refractivity contribution in [2.24, 2.45) is 0 Å². The first kappa shape index (κ1) is 19.6. The molecule has 1 aromatic carbocycles. The summed E-state index contributed by atoms with van der Waals surface area (Å²) >= 11 is 2.60. The molecule has 0 radical (unpaired) electrons. The lowest BCUT2D eigenvalue weighted by Gasteiger charge is -2.22. The summed E-state index contributed by atoms with van der Waals surface area (Å²) in [6.07, 6.45) is 8.99. The summed E-state index contributed by atoms with van der Waals surface area (Å²) in [5.74, 6) is 0.0764. The van der Waals surface area contributed by atoms with Gasteiger partial charge in [-0.25, -0.2) is 0 Å². The molecular weight excluding hydrogens is 380 g/mol. The fraction of sp³-hybridized carbons (Fsp3) is 0.368. The third-order valence-corrected chi connectivity index (χ3v) is 6.13. The Morgan fingerprint density at radius 1 is 1.15 bits per heavy atom. The van der Waals surface area contributed by atoms with Crippen LogP contribution in [0.5, 0.6) is 0 Å². The molecule has 0 bridgehead atoms. The van der Waals surface area contributed by atoms with Gasteiger partial charge in [0.05, 0.1) is 5.75 Å². The largest absolute Gasteiger partial charge is 0.353 e. The van der Waals surface area contributed by atoms with Crippen LogP contribution in [-0.4, -0.2) is 33.8 Å². The van der Waals surface area contributed by atoms with Crippen LogP contribution < -0.4 is 10.6 Å². The van der Waals surface area contributed by atoms with E-state index in [4.69, 9.17) is 0 Å². The Morgan fingerprint density at radius 3 is 2.70 bits per heavy atom. The third-order valence-electron chi connectivity index (χ3n) is 4.16. The number of anilines is 1. The van der Waals surface area contributed by atoms with Crippen LogP contribution in [-0.2, 0) is 9.59 Å². The second-order valence-corrected chi connectivity index (χ2v) is 8.50. The molecule has 1 aliphatic carbocycles. The number of hydrogen-bond acceptors (Lipinski definition) is 6. The molecule has 2 amide bonds. The van der Waals surface area contributed by atoms with Crippen molar-refractivity contribution < 1.29 is 9.59 Å². The molecular formula is C19H22N4O2S2. The topological polar surface area (TPSA) is 84.0 Å². The van der Waals surface area contributed by atoms with Crippen molar-refractivity contribution in [1.29, 1.82) is 0 Å². The highest BCUT2D eigenvalue weighted by Gasteiger charge is 2.16. The zero-order valence-corrected chi connectivity index (χ0v) is 16.5. The molecule has 0 atom stereocenters. The van der Waals surface area contributed by atoms with E-state index in [1.54, 1.807) is 6.08 Å². The minimum atomic E-state index is -0.262. The number of rotatable bonds is 7. The maximum absolute atomic E-state index is 12.0. The number of carbonyl (C=O) groups excluding carboxylic acids is 2. The van der Waals surface area contributed by atoms with Crippen LogP contribution >= 0.6 is 23.1 Å². The lowest BCUT2D eigenvalue weighted by atomic mass is 9.95. The van der Waals surface area contributed by atoms with E-state index in [0.717, 1.165) is 18.4 Å². The SMILES string of the molecule is O=C(/C=C/c1ccccc1)Nc1nnc(SCC(=O)NC2CCCCC2)s1. The van der Waals surface area contributed by atoms with Crippen molar-refractivity contribution in [1.82, 2.24) is 15.5 Å². The van der Waals surface area contributed by atoms with Crippen LogP contribution in [0.1, 0.15) is 37.7 Å². The van der Waals surface area contributed by atoms with Crippen molar-refractivity contribution in [2.45, 2.75) is 42.5 Å². The van der Waals surface area contributed by atoms with Gasteiger partial charge in [0.2, 0.25) is 16.9 Å². The van der Waals surface area contributed by atoms with Gasteiger partial charge >= 0.3 is 0 Å². The van der Waals surface area contributed by atoms with Gasteiger partial charge in [0, 0.05) is 12.1 Å². The molecule has 1 saturated carbocycles. The summed E-state index contributed by atoms with van der Waals surface area (Å²) in [7, 11) is 0. The first-order chi connectivity index (χ1) is 13.2. The maximum Gasteiger partial charge on any atom is 0.250 e. The molecule has 27 heavy (non-hydrogen) atoms. The average Bonchev–Trinajstić information content (AvgIpc) is 3.14. The normalized spacial score (nSPS) is 15.0. The second kappa shape index (κ2) is 10.2. The Morgan fingerprint density at radius 2 is 1.93 bits per heavy atom. The predicted octanol–water partition coefficient (Wildman–Crippen LogP) is 3.73. The molecule has 1 fully saturated rings. The number of hydrogen-bond donors (Lipinski definition) is 2. The molecule has 1 aliphatic rings. The van der Waals surface area contributed by atoms with Crippen LogP contribution in [0.25, 0.3) is 6.08 Å². The molecule has 2 N–H and O–H groups in total. The molecule has 6 nitrogen and oxygen atoms in total. The Kier molecular flexibility index (Phi) is 7.41. The zero-order valence-electron chi connectivity index (χ0n) is 14.9. The van der Waals surface area contributed by atoms with E-state index in [0.29, 0.717) is 21.3 Å². The molecule has 0 saturated heterocycles. The Balaban J connectivity index is 1.42. The minimum Gasteiger partial charge on any atom is -0.353 e. The summed E-state index contributed by atoms with van der Waals surface area (Å²) in [6, 6.07) is 9.90. The molecule has 1 heterocycles. The summed E-state index contributed by atoms with van der Waals surface area (Å²) in [5, 5.41) is 14.2. The van der Waals surface area contributed by atoms with Crippen LogP contribution in [0.15, 0.2) is 40.7 Å². The summed E-state index contributed by atoms with van der Waals surface area (Å²) < 4.78 is 0.663. The van der Waals surface area contributed by atoms with Gasteiger partial charge in [0.1, 0.15) is 0 Å². The van der Waals surface area contributed by atoms with Crippen LogP contribution in [0.3, 0.4) is 0 Å². The Hall–Kier alpha value is -2.19. The van der Waals surface area contributed by atoms with Gasteiger partial charge in [-0.05, 0) is 24.5 Å². The molecule has 3 rings (SSSR count). The number of amides is 2. The third kappa shape index (κ3) is 6.80. The lowest BCUT2D eigenvalue weighted by molar-refractivity contribution is -0.119. The van der Waals surface area contributed by atoms with Gasteiger partial charge in [0.15, 0.2) is 4.34 Å². The average molecular weight is 403 g/mol. The Bertz CT molecular complexity index is 786. The smallest absolute Gasteiger partial charge is 0.250 e. The highest BCUT2D eigenvalue weighted by atomic mass is 32.2. The van der Waals surface area contributed by atoms with Gasteiger partial charge in [-0.3, -0.25) is 14.9 Å². The first-order valence-electron chi connectivity index (χ1n) is 8.99. The number of benzene rings is 1. The number of nitrogens with one attached hydrogen (secondary N) is 2. The molecule has 0 aliphatic heterocycles. The summed E-state index contributed by atoms with van der Waals surface area (Å²) in [5.41, 5.74) is 0.949. The lowest BCUT2D eigenvalue weighted by Crippen LogP contribution is -2.37. The highest BCUT2D eigenvalue weighted by molar-refractivity contribution is 8.01. The molecule has 1 aromatic heterocycles. The fourth-order valence-corrected chi connectivity index (χ4v) is 4.41. The minimum absolute atomic E-state index is 0.0264. The fourth-order valence-electron chi connectivity index (χ4n) is 2.85. The van der Waals surface area contributed by atoms with Gasteiger partial charge in [0.25, 0.3) is 0 Å². The monoisotopic (exact) mass is 402 g/mol. The number of thioether (sulfide) groups is 1. The van der Waals surface area contributed by atoms with Crippen molar-refractivity contribution in [3.8, 4) is 0 Å². The van der Waals surface area contributed by atoms with Crippen LogP contribution in [0.2, 0.25) is 0 Å². The number of carbonyl (C=O) groups is 2. The quantitative estimate of drug-likeness (QED) is 0.419. The van der Waals surface area contributed by atoms with E-state index in [-0.39, 0.29) is 11.8 Å². The number of nitrogens with zero attached hydrogens (tertiary/aromatic N) is 2. The van der Waals surface area contributed by atoms with Gasteiger partial charge < -0.3 is 5.32 Å². The zero-order chi connectivity index (χ0) is 18.9. The summed E-state index contributed by atoms with van der Waals surface area (Å²) in [6.45, 7) is 0. The van der Waals surface area contributed by atoms with Crippen molar-refractivity contribution in [2.75, 3.05) is 11.1 Å². The van der Waals surface area contributed by atoms with E-state index in [9.17, 15) is 9.59 Å². The van der Waals surface area contributed by atoms with E-state index < -0.39 is 0 Å². The van der Waals surface area contributed by atoms with Crippen LogP contribution in [0.4, 0.5) is 5.13 Å². The van der Waals surface area contributed by atoms with Gasteiger partial charge in [-0.15, -0.1) is 10.2 Å². The van der Waals surface area contributed by atoms with E-state index in [1.165, 1.54) is 48.4 Å². The second-order valence-electron chi connectivity index (χ2n) is 6.30. The van der Waals surface area contributed by atoms with Gasteiger partial charge in [-0.1, -0.05) is 72.7 Å². The van der Waals surface area contributed by atoms with E-state index in [2.05, 4.69) is 20.8 Å². The van der Waals surface area contributed by atoms with E-state index >= 15 is 0 Å². The molecule has 142 valence electrons. The molecule has 0 spiro atoms. The van der Waals surface area contributed by atoms with Crippen molar-refractivity contribution in [3.05, 3.63) is 42.0 Å². The first-order valence-corrected chi connectivity index (χ1v) is 10.8. The predicted molar refractivity (Wildman–Crippen MR) is 110 cm³/mol. The van der Waals surface area contributed by atoms with Gasteiger partial charge in [-0.2, -0.15) is 0 Å². The molecule has 8 heteroatoms.